The maximum absolute atomic E-state index is 11.8. The second-order valence-electron chi connectivity index (χ2n) is 9.91. The largest absolute Gasteiger partial charge is 0.469 e. The summed E-state index contributed by atoms with van der Waals surface area (Å²) >= 11 is 0. The minimum Gasteiger partial charge on any atom is -0.469 e. The maximum Gasteiger partial charge on any atom is 0.308 e. The zero-order chi connectivity index (χ0) is 31.8. The Bertz CT molecular complexity index is 758. The van der Waals surface area contributed by atoms with Crippen molar-refractivity contribution >= 4 is 26.4 Å². The molecule has 13 nitrogen and oxygen atoms in total. The summed E-state index contributed by atoms with van der Waals surface area (Å²) < 4.78 is 46.9. The Hall–Kier alpha value is -1.91. The second-order valence-corrected chi connectivity index (χ2v) is 11.4. The molecule has 1 atom stereocenters. The molecule has 0 aromatic heterocycles. The summed E-state index contributed by atoms with van der Waals surface area (Å²) in [7, 11) is -0.280. The highest BCUT2D eigenvalue weighted by atomic mass is 31.2. The van der Waals surface area contributed by atoms with Gasteiger partial charge in [0.1, 0.15) is 0 Å². The van der Waals surface area contributed by atoms with E-state index in [0.717, 1.165) is 0 Å². The van der Waals surface area contributed by atoms with E-state index in [1.165, 1.54) is 7.11 Å². The molecule has 0 saturated carbocycles. The SMILES string of the molecule is CCOC(=O)CCOCC(COCCC(=O)OC)(COCCC(=O)OCC)COP(OCCC#N)N(C(C)C)C(C)C. The molecule has 0 aliphatic heterocycles. The zero-order valence-corrected chi connectivity index (χ0v) is 27.3. The van der Waals surface area contributed by atoms with E-state index < -0.39 is 19.9 Å². The summed E-state index contributed by atoms with van der Waals surface area (Å²) in [4.78, 5) is 35.3. The van der Waals surface area contributed by atoms with Crippen LogP contribution in [0.5, 0.6) is 0 Å². The fourth-order valence-corrected chi connectivity index (χ4v) is 5.38. The first-order valence-electron chi connectivity index (χ1n) is 14.4. The number of nitrogens with zero attached hydrogens (tertiary/aromatic N) is 2. The van der Waals surface area contributed by atoms with Crippen molar-refractivity contribution < 1.29 is 51.9 Å². The molecular formula is C28H51N2O11P. The van der Waals surface area contributed by atoms with Crippen molar-refractivity contribution in [2.45, 2.75) is 79.3 Å². The number of carbonyl (C=O) groups is 3. The molecule has 0 aromatic carbocycles. The van der Waals surface area contributed by atoms with Gasteiger partial charge in [0.15, 0.2) is 0 Å². The minimum atomic E-state index is -1.58. The highest BCUT2D eigenvalue weighted by Gasteiger charge is 2.36. The first kappa shape index (κ1) is 40.1. The summed E-state index contributed by atoms with van der Waals surface area (Å²) in [5.41, 5.74) is -0.905. The minimum absolute atomic E-state index is 0.0549. The van der Waals surface area contributed by atoms with Crippen molar-refractivity contribution in [1.82, 2.24) is 4.67 Å². The van der Waals surface area contributed by atoms with Crippen LogP contribution in [-0.2, 0) is 51.9 Å². The van der Waals surface area contributed by atoms with Crippen LogP contribution in [0.15, 0.2) is 0 Å². The summed E-state index contributed by atoms with van der Waals surface area (Å²) in [5, 5.41) is 9.03. The van der Waals surface area contributed by atoms with Gasteiger partial charge in [0, 0.05) is 12.1 Å². The maximum atomic E-state index is 11.8. The Morgan fingerprint density at radius 1 is 0.738 bits per heavy atom. The number of esters is 3. The molecule has 0 amide bonds. The van der Waals surface area contributed by atoms with Crippen LogP contribution in [0.25, 0.3) is 0 Å². The number of hydrogen-bond acceptors (Lipinski definition) is 13. The summed E-state index contributed by atoms with van der Waals surface area (Å²) in [6.07, 6.45) is 0.396. The van der Waals surface area contributed by atoms with E-state index in [9.17, 15) is 14.4 Å². The molecule has 0 bridgehead atoms. The van der Waals surface area contributed by atoms with E-state index in [1.807, 2.05) is 27.7 Å². The molecular weight excluding hydrogens is 571 g/mol. The highest BCUT2D eigenvalue weighted by molar-refractivity contribution is 7.44. The lowest BCUT2D eigenvalue weighted by Crippen LogP contribution is -2.43. The van der Waals surface area contributed by atoms with E-state index in [0.29, 0.717) is 0 Å². The Balaban J connectivity index is 5.91. The van der Waals surface area contributed by atoms with Gasteiger partial charge in [0.25, 0.3) is 8.53 Å². The van der Waals surface area contributed by atoms with E-state index >= 15 is 0 Å². The first-order chi connectivity index (χ1) is 20.1. The molecule has 1 unspecified atom stereocenters. The highest BCUT2D eigenvalue weighted by Crippen LogP contribution is 2.47. The smallest absolute Gasteiger partial charge is 0.308 e. The lowest BCUT2D eigenvalue weighted by Gasteiger charge is -2.39. The molecule has 0 rings (SSSR count). The zero-order valence-electron chi connectivity index (χ0n) is 26.4. The number of methoxy groups -OCH3 is 1. The molecule has 0 heterocycles. The predicted octanol–water partition coefficient (Wildman–Crippen LogP) is 3.78. The van der Waals surface area contributed by atoms with Crippen molar-refractivity contribution in [2.75, 3.05) is 73.2 Å². The topological polar surface area (TPSA) is 152 Å². The lowest BCUT2D eigenvalue weighted by molar-refractivity contribution is -0.145. The van der Waals surface area contributed by atoms with Gasteiger partial charge < -0.3 is 37.5 Å². The van der Waals surface area contributed by atoms with E-state index in [4.69, 9.17) is 42.7 Å². The summed E-state index contributed by atoms with van der Waals surface area (Å²) in [6.45, 7) is 12.9. The standard InChI is InChI=1S/C28H51N2O11P/c1-8-38-26(32)12-17-36-20-28(19-35-16-11-25(31)34-7,21-37-18-13-27(33)39-9-2)22-41-42(40-15-10-14-29)30(23(3)4)24(5)6/h23-24H,8-13,15-22H2,1-7H3. The van der Waals surface area contributed by atoms with Gasteiger partial charge in [-0.15, -0.1) is 0 Å². The van der Waals surface area contributed by atoms with Gasteiger partial charge in [-0.05, 0) is 41.5 Å². The monoisotopic (exact) mass is 622 g/mol. The van der Waals surface area contributed by atoms with Crippen LogP contribution in [0.3, 0.4) is 0 Å². The molecule has 0 aliphatic rings. The molecule has 42 heavy (non-hydrogen) atoms. The molecule has 0 spiro atoms. The molecule has 0 aromatic rings. The second kappa shape index (κ2) is 24.5. The van der Waals surface area contributed by atoms with E-state index in [-0.39, 0.29) is 116 Å². The molecule has 14 heteroatoms. The van der Waals surface area contributed by atoms with Gasteiger partial charge in [-0.2, -0.15) is 5.26 Å². The van der Waals surface area contributed by atoms with Gasteiger partial charge >= 0.3 is 17.9 Å². The Morgan fingerprint density at radius 3 is 1.57 bits per heavy atom. The van der Waals surface area contributed by atoms with Crippen molar-refractivity contribution in [3.8, 4) is 6.07 Å². The number of ether oxygens (including phenoxy) is 6. The number of nitriles is 1. The first-order valence-corrected chi connectivity index (χ1v) is 15.5. The molecule has 244 valence electrons. The van der Waals surface area contributed by atoms with Crippen LogP contribution in [0.2, 0.25) is 0 Å². The third-order valence-corrected chi connectivity index (χ3v) is 7.61. The van der Waals surface area contributed by atoms with Crippen molar-refractivity contribution in [2.24, 2.45) is 5.41 Å². The van der Waals surface area contributed by atoms with E-state index in [1.54, 1.807) is 13.8 Å². The molecule has 0 saturated heterocycles. The van der Waals surface area contributed by atoms with Gasteiger partial charge in [0.05, 0.1) is 110 Å². The average Bonchev–Trinajstić information content (AvgIpc) is 2.94. The van der Waals surface area contributed by atoms with Gasteiger partial charge in [0.2, 0.25) is 0 Å². The Morgan fingerprint density at radius 2 is 1.19 bits per heavy atom. The summed E-state index contributed by atoms with van der Waals surface area (Å²) in [6, 6.07) is 2.26. The number of hydrogen-bond donors (Lipinski definition) is 0. The van der Waals surface area contributed by atoms with Gasteiger partial charge in [-0.1, -0.05) is 0 Å². The fraction of sp³-hybridized carbons (Fsp3) is 0.857. The Labute approximate surface area is 252 Å². The van der Waals surface area contributed by atoms with Crippen LogP contribution >= 0.6 is 8.53 Å². The van der Waals surface area contributed by atoms with Crippen molar-refractivity contribution in [3.63, 3.8) is 0 Å². The molecule has 0 N–H and O–H groups in total. The third kappa shape index (κ3) is 18.6. The fourth-order valence-electron chi connectivity index (χ4n) is 3.66. The Kier molecular flexibility index (Phi) is 23.4. The van der Waals surface area contributed by atoms with Crippen molar-refractivity contribution in [1.29, 1.82) is 5.26 Å². The van der Waals surface area contributed by atoms with Crippen LogP contribution in [0, 0.1) is 16.7 Å². The average molecular weight is 623 g/mol. The normalized spacial score (nSPS) is 12.4. The summed E-state index contributed by atoms with van der Waals surface area (Å²) in [5.74, 6) is -1.16. The predicted molar refractivity (Wildman–Crippen MR) is 155 cm³/mol. The van der Waals surface area contributed by atoms with E-state index in [2.05, 4.69) is 10.7 Å². The van der Waals surface area contributed by atoms with Crippen LogP contribution in [0.4, 0.5) is 0 Å². The molecule has 0 aliphatic carbocycles. The van der Waals surface area contributed by atoms with Crippen molar-refractivity contribution in [3.05, 3.63) is 0 Å². The molecule has 0 radical (unpaired) electrons. The number of rotatable bonds is 26. The number of carbonyl (C=O) groups excluding carboxylic acids is 3. The van der Waals surface area contributed by atoms with Gasteiger partial charge in [-0.25, -0.2) is 4.67 Å². The third-order valence-electron chi connectivity index (χ3n) is 5.56. The molecule has 0 fully saturated rings. The van der Waals surface area contributed by atoms with Crippen LogP contribution < -0.4 is 0 Å². The lowest BCUT2D eigenvalue weighted by atomic mass is 9.92. The van der Waals surface area contributed by atoms with Crippen LogP contribution in [-0.4, -0.2) is 108 Å². The quantitative estimate of drug-likeness (QED) is 0.0596. The van der Waals surface area contributed by atoms with Crippen LogP contribution in [0.1, 0.15) is 67.2 Å². The van der Waals surface area contributed by atoms with Gasteiger partial charge in [-0.3, -0.25) is 14.4 Å².